The molecule has 5 rings (SSSR count). The normalized spacial score (nSPS) is 22.3. The number of nitrogens with one attached hydrogen (secondary N) is 1. The number of esters is 1. The number of urea groups is 1. The number of carbonyl (C=O) groups is 2. The highest BCUT2D eigenvalue weighted by atomic mass is 16.7. The minimum atomic E-state index is -0.638. The summed E-state index contributed by atoms with van der Waals surface area (Å²) < 4.78 is 21.8. The van der Waals surface area contributed by atoms with E-state index in [0.717, 1.165) is 18.7 Å². The zero-order chi connectivity index (χ0) is 23.9. The van der Waals surface area contributed by atoms with Gasteiger partial charge in [-0.25, -0.2) is 19.6 Å². The number of methoxy groups -OCH3 is 1. The molecule has 5 heterocycles. The van der Waals surface area contributed by atoms with Gasteiger partial charge in [-0.05, 0) is 32.4 Å². The van der Waals surface area contributed by atoms with Crippen LogP contribution in [-0.2, 0) is 14.2 Å². The van der Waals surface area contributed by atoms with Crippen LogP contribution in [0.4, 0.5) is 22.2 Å². The Balaban J connectivity index is 1.31. The molecule has 12 heteroatoms. The summed E-state index contributed by atoms with van der Waals surface area (Å²) in [5, 5.41) is 2.73. The van der Waals surface area contributed by atoms with Gasteiger partial charge in [0.2, 0.25) is 11.8 Å². The first-order valence-electron chi connectivity index (χ1n) is 11.0. The molecule has 2 bridgehead atoms. The highest BCUT2D eigenvalue weighted by Gasteiger charge is 2.41. The fourth-order valence-electron chi connectivity index (χ4n) is 4.35. The van der Waals surface area contributed by atoms with Crippen LogP contribution in [0.15, 0.2) is 24.4 Å². The molecule has 2 aromatic rings. The van der Waals surface area contributed by atoms with Gasteiger partial charge in [0, 0.05) is 25.4 Å². The second-order valence-electron chi connectivity index (χ2n) is 8.70. The molecule has 3 aliphatic rings. The summed E-state index contributed by atoms with van der Waals surface area (Å²) >= 11 is 0. The van der Waals surface area contributed by atoms with E-state index in [1.54, 1.807) is 23.1 Å². The first kappa shape index (κ1) is 22.3. The number of rotatable bonds is 5. The third kappa shape index (κ3) is 4.33. The summed E-state index contributed by atoms with van der Waals surface area (Å²) in [7, 11) is 1.29. The van der Waals surface area contributed by atoms with E-state index in [-0.39, 0.29) is 30.4 Å². The van der Waals surface area contributed by atoms with Gasteiger partial charge in [-0.3, -0.25) is 10.2 Å². The molecule has 0 saturated carbocycles. The average molecular weight is 470 g/mol. The Kier molecular flexibility index (Phi) is 5.70. The Morgan fingerprint density at radius 1 is 1.26 bits per heavy atom. The lowest BCUT2D eigenvalue weighted by Gasteiger charge is -2.35. The van der Waals surface area contributed by atoms with E-state index in [0.29, 0.717) is 24.8 Å². The van der Waals surface area contributed by atoms with Crippen LogP contribution in [0.25, 0.3) is 0 Å². The molecule has 2 atom stereocenters. The van der Waals surface area contributed by atoms with Crippen molar-refractivity contribution in [2.45, 2.75) is 38.2 Å². The van der Waals surface area contributed by atoms with Crippen LogP contribution in [0.5, 0.6) is 5.88 Å². The largest absolute Gasteiger partial charge is 0.475 e. The van der Waals surface area contributed by atoms with Crippen molar-refractivity contribution >= 4 is 29.5 Å². The predicted molar refractivity (Wildman–Crippen MR) is 120 cm³/mol. The van der Waals surface area contributed by atoms with Crippen molar-refractivity contribution in [3.05, 3.63) is 30.1 Å². The Morgan fingerprint density at radius 3 is 2.88 bits per heavy atom. The minimum absolute atomic E-state index is 0.0878. The molecule has 0 radical (unpaired) electrons. The number of anilines is 3. The molecule has 3 aliphatic heterocycles. The summed E-state index contributed by atoms with van der Waals surface area (Å²) in [4.78, 5) is 41.9. The van der Waals surface area contributed by atoms with E-state index in [2.05, 4.69) is 25.2 Å². The minimum Gasteiger partial charge on any atom is -0.475 e. The number of amides is 2. The van der Waals surface area contributed by atoms with Gasteiger partial charge in [0.25, 0.3) is 0 Å². The summed E-state index contributed by atoms with van der Waals surface area (Å²) in [6.45, 7) is 5.85. The summed E-state index contributed by atoms with van der Waals surface area (Å²) in [6, 6.07) is 4.47. The highest BCUT2D eigenvalue weighted by molar-refractivity contribution is 6.04. The fraction of sp³-hybridized carbons (Fsp3) is 0.500. The standard InChI is InChI=1S/C22H26N6O6/c1-22(2)33-12-14(34-22)11-32-17-6-8-23-20(25-17)26-21(30)28-13-7-9-27(10-13)16-5-4-15(19(29)31-3)24-18(16)28/h4-6,8,13-14H,7,9-12H2,1-3H3,(H,23,25,26,30)/t13?,14-/m1/s1. The lowest BCUT2D eigenvalue weighted by molar-refractivity contribution is -0.141. The van der Waals surface area contributed by atoms with Crippen LogP contribution >= 0.6 is 0 Å². The molecule has 0 aliphatic carbocycles. The molecular weight excluding hydrogens is 444 g/mol. The van der Waals surface area contributed by atoms with Crippen molar-refractivity contribution < 1.29 is 28.5 Å². The first-order chi connectivity index (χ1) is 16.3. The lowest BCUT2D eigenvalue weighted by atomic mass is 10.2. The van der Waals surface area contributed by atoms with Crippen LogP contribution in [0.2, 0.25) is 0 Å². The molecule has 1 N–H and O–H groups in total. The van der Waals surface area contributed by atoms with Gasteiger partial charge in [0.05, 0.1) is 25.4 Å². The molecule has 0 spiro atoms. The first-order valence-corrected chi connectivity index (χ1v) is 11.0. The second-order valence-corrected chi connectivity index (χ2v) is 8.70. The number of pyridine rings is 1. The van der Waals surface area contributed by atoms with Crippen LogP contribution in [0, 0.1) is 0 Å². The van der Waals surface area contributed by atoms with Crippen LogP contribution in [0.3, 0.4) is 0 Å². The van der Waals surface area contributed by atoms with Gasteiger partial charge in [-0.2, -0.15) is 4.98 Å². The molecule has 2 aromatic heterocycles. The Labute approximate surface area is 196 Å². The molecular formula is C22H26N6O6. The van der Waals surface area contributed by atoms with Crippen molar-refractivity contribution in [3.63, 3.8) is 0 Å². The number of carbonyl (C=O) groups excluding carboxylic acids is 2. The van der Waals surface area contributed by atoms with E-state index >= 15 is 0 Å². The van der Waals surface area contributed by atoms with E-state index in [1.165, 1.54) is 13.3 Å². The average Bonchev–Trinajstić information content (AvgIpc) is 3.40. The number of ether oxygens (including phenoxy) is 4. The van der Waals surface area contributed by atoms with E-state index in [4.69, 9.17) is 18.9 Å². The summed E-state index contributed by atoms with van der Waals surface area (Å²) in [5.74, 6) is -0.401. The van der Waals surface area contributed by atoms with Crippen LogP contribution < -0.4 is 19.9 Å². The maximum absolute atomic E-state index is 13.3. The van der Waals surface area contributed by atoms with Crippen molar-refractivity contribution in [2.24, 2.45) is 0 Å². The summed E-state index contributed by atoms with van der Waals surface area (Å²) in [5.41, 5.74) is 0.922. The summed E-state index contributed by atoms with van der Waals surface area (Å²) in [6.07, 6.45) is 2.07. The van der Waals surface area contributed by atoms with Crippen molar-refractivity contribution in [1.82, 2.24) is 15.0 Å². The molecule has 1 unspecified atom stereocenters. The van der Waals surface area contributed by atoms with E-state index in [9.17, 15) is 9.59 Å². The quantitative estimate of drug-likeness (QED) is 0.646. The zero-order valence-corrected chi connectivity index (χ0v) is 19.2. The van der Waals surface area contributed by atoms with E-state index < -0.39 is 17.8 Å². The predicted octanol–water partition coefficient (Wildman–Crippen LogP) is 1.82. The maximum Gasteiger partial charge on any atom is 0.356 e. The Bertz CT molecular complexity index is 1110. The number of hydrogen-bond donors (Lipinski definition) is 1. The van der Waals surface area contributed by atoms with Gasteiger partial charge in [0.1, 0.15) is 12.7 Å². The Hall–Kier alpha value is -3.51. The van der Waals surface area contributed by atoms with Gasteiger partial charge in [-0.1, -0.05) is 0 Å². The number of fused-ring (bicyclic) bond motifs is 4. The van der Waals surface area contributed by atoms with Crippen LogP contribution in [0.1, 0.15) is 30.8 Å². The smallest absolute Gasteiger partial charge is 0.356 e. The zero-order valence-electron chi connectivity index (χ0n) is 19.2. The van der Waals surface area contributed by atoms with Gasteiger partial charge < -0.3 is 23.8 Å². The van der Waals surface area contributed by atoms with Crippen molar-refractivity contribution in [1.29, 1.82) is 0 Å². The van der Waals surface area contributed by atoms with Gasteiger partial charge in [-0.15, -0.1) is 0 Å². The highest BCUT2D eigenvalue weighted by Crippen LogP contribution is 2.39. The topological polar surface area (TPSA) is 128 Å². The van der Waals surface area contributed by atoms with Crippen LogP contribution in [-0.4, -0.2) is 78.3 Å². The third-order valence-corrected chi connectivity index (χ3v) is 5.90. The maximum atomic E-state index is 13.3. The molecule has 180 valence electrons. The molecule has 2 fully saturated rings. The third-order valence-electron chi connectivity index (χ3n) is 5.90. The SMILES string of the molecule is COC(=O)c1ccc2c(n1)N(C(=O)Nc1nccc(OC[C@@H]3COC(C)(C)O3)n1)C1CCN2C1. The molecule has 2 saturated heterocycles. The fourth-order valence-corrected chi connectivity index (χ4v) is 4.35. The Morgan fingerprint density at radius 2 is 2.12 bits per heavy atom. The number of nitrogens with zero attached hydrogens (tertiary/aromatic N) is 5. The van der Waals surface area contributed by atoms with E-state index in [1.807, 2.05) is 13.8 Å². The van der Waals surface area contributed by atoms with Gasteiger partial charge >= 0.3 is 12.0 Å². The molecule has 2 amide bonds. The monoisotopic (exact) mass is 470 g/mol. The number of hydrogen-bond acceptors (Lipinski definition) is 10. The molecule has 34 heavy (non-hydrogen) atoms. The molecule has 12 nitrogen and oxygen atoms in total. The number of aromatic nitrogens is 3. The second kappa shape index (κ2) is 8.69. The lowest BCUT2D eigenvalue weighted by Crippen LogP contribution is -2.48. The van der Waals surface area contributed by atoms with Gasteiger partial charge in [0.15, 0.2) is 17.3 Å². The van der Waals surface area contributed by atoms with Crippen molar-refractivity contribution in [3.8, 4) is 5.88 Å². The van der Waals surface area contributed by atoms with Crippen molar-refractivity contribution in [2.75, 3.05) is 48.5 Å². The molecule has 0 aromatic carbocycles.